The largest absolute Gasteiger partial charge is 0.493 e. The van der Waals surface area contributed by atoms with Crippen LogP contribution in [0.3, 0.4) is 0 Å². The van der Waals surface area contributed by atoms with E-state index in [-0.39, 0.29) is 17.0 Å². The van der Waals surface area contributed by atoms with E-state index in [0.29, 0.717) is 5.56 Å². The zero-order valence-corrected chi connectivity index (χ0v) is 7.34. The quantitative estimate of drug-likeness (QED) is 0.717. The summed E-state index contributed by atoms with van der Waals surface area (Å²) in [6.45, 7) is 0. The molecule has 2 N–H and O–H groups in total. The number of thiophene rings is 1. The van der Waals surface area contributed by atoms with Crippen molar-refractivity contribution in [1.82, 2.24) is 9.97 Å². The third kappa shape index (κ3) is 1.33. The van der Waals surface area contributed by atoms with E-state index in [4.69, 9.17) is 0 Å². The second kappa shape index (κ2) is 3.02. The van der Waals surface area contributed by atoms with Crippen LogP contribution in [-0.2, 0) is 0 Å². The van der Waals surface area contributed by atoms with Crippen LogP contribution in [0.15, 0.2) is 27.9 Å². The van der Waals surface area contributed by atoms with Gasteiger partial charge in [-0.15, -0.1) is 0 Å². The number of H-pyrrole nitrogens is 1. The van der Waals surface area contributed by atoms with Crippen molar-refractivity contribution in [3.05, 3.63) is 33.5 Å². The first-order chi connectivity index (χ1) is 6.29. The fraction of sp³-hybridized carbons (Fsp3) is 0. The second-order valence-corrected chi connectivity index (χ2v) is 3.22. The summed E-state index contributed by atoms with van der Waals surface area (Å²) in [7, 11) is 0. The van der Waals surface area contributed by atoms with Crippen molar-refractivity contribution >= 4 is 11.3 Å². The molecule has 2 aromatic rings. The molecule has 2 aromatic heterocycles. The molecular weight excluding hydrogens is 188 g/mol. The third-order valence-electron chi connectivity index (χ3n) is 1.64. The lowest BCUT2D eigenvalue weighted by molar-refractivity contribution is 0.453. The Morgan fingerprint density at radius 3 is 3.00 bits per heavy atom. The Bertz CT molecular complexity index is 461. The van der Waals surface area contributed by atoms with Crippen molar-refractivity contribution < 1.29 is 5.11 Å². The van der Waals surface area contributed by atoms with E-state index in [1.165, 1.54) is 17.7 Å². The van der Waals surface area contributed by atoms with Crippen LogP contribution in [0, 0.1) is 0 Å². The number of nitrogens with one attached hydrogen (secondary N) is 1. The Labute approximate surface area is 77.5 Å². The van der Waals surface area contributed by atoms with Crippen LogP contribution in [-0.4, -0.2) is 15.1 Å². The molecular formula is C8H6N2O2S. The first kappa shape index (κ1) is 8.00. The van der Waals surface area contributed by atoms with Gasteiger partial charge in [-0.25, -0.2) is 4.98 Å². The summed E-state index contributed by atoms with van der Waals surface area (Å²) in [6.07, 6.45) is 1.17. The minimum atomic E-state index is -0.328. The molecule has 2 heterocycles. The van der Waals surface area contributed by atoms with Gasteiger partial charge in [-0.05, 0) is 16.8 Å². The molecule has 0 amide bonds. The van der Waals surface area contributed by atoms with Crippen LogP contribution in [0.5, 0.6) is 5.88 Å². The average molecular weight is 194 g/mol. The molecule has 13 heavy (non-hydrogen) atoms. The number of aromatic hydroxyl groups is 1. The smallest absolute Gasteiger partial charge is 0.262 e. The molecule has 0 fully saturated rings. The fourth-order valence-corrected chi connectivity index (χ4v) is 1.70. The van der Waals surface area contributed by atoms with Gasteiger partial charge in [0.05, 0.1) is 6.33 Å². The maximum atomic E-state index is 11.3. The van der Waals surface area contributed by atoms with E-state index >= 15 is 0 Å². The summed E-state index contributed by atoms with van der Waals surface area (Å²) in [6, 6.07) is 1.76. The second-order valence-electron chi connectivity index (χ2n) is 2.44. The molecule has 0 spiro atoms. The Kier molecular flexibility index (Phi) is 1.86. The van der Waals surface area contributed by atoms with Crippen molar-refractivity contribution in [2.75, 3.05) is 0 Å². The molecule has 4 nitrogen and oxygen atoms in total. The zero-order chi connectivity index (χ0) is 9.26. The summed E-state index contributed by atoms with van der Waals surface area (Å²) in [5.41, 5.74) is 0.589. The molecule has 0 saturated carbocycles. The zero-order valence-electron chi connectivity index (χ0n) is 6.52. The molecule has 0 saturated heterocycles. The summed E-state index contributed by atoms with van der Waals surface area (Å²) in [5.74, 6) is -0.234. The van der Waals surface area contributed by atoms with Gasteiger partial charge in [0.25, 0.3) is 5.56 Å². The minimum Gasteiger partial charge on any atom is -0.493 e. The van der Waals surface area contributed by atoms with Gasteiger partial charge < -0.3 is 10.1 Å². The topological polar surface area (TPSA) is 66.0 Å². The van der Waals surface area contributed by atoms with Crippen molar-refractivity contribution in [3.63, 3.8) is 0 Å². The fourth-order valence-electron chi connectivity index (χ4n) is 1.06. The van der Waals surface area contributed by atoms with Crippen LogP contribution < -0.4 is 5.56 Å². The lowest BCUT2D eigenvalue weighted by atomic mass is 10.2. The monoisotopic (exact) mass is 194 g/mol. The van der Waals surface area contributed by atoms with E-state index in [1.807, 2.05) is 5.38 Å². The van der Waals surface area contributed by atoms with E-state index in [0.717, 1.165) is 0 Å². The van der Waals surface area contributed by atoms with Gasteiger partial charge in [0.15, 0.2) is 0 Å². The maximum Gasteiger partial charge on any atom is 0.262 e. The normalized spacial score (nSPS) is 10.2. The molecule has 0 aliphatic rings. The number of rotatable bonds is 1. The Balaban J connectivity index is 2.71. The van der Waals surface area contributed by atoms with Gasteiger partial charge in [-0.1, -0.05) is 0 Å². The van der Waals surface area contributed by atoms with Crippen LogP contribution >= 0.6 is 11.3 Å². The van der Waals surface area contributed by atoms with Gasteiger partial charge in [0.1, 0.15) is 5.56 Å². The molecule has 0 radical (unpaired) electrons. The highest BCUT2D eigenvalue weighted by molar-refractivity contribution is 7.08. The van der Waals surface area contributed by atoms with Gasteiger partial charge >= 0.3 is 0 Å². The predicted octanol–water partition coefficient (Wildman–Crippen LogP) is 1.20. The minimum absolute atomic E-state index is 0.226. The van der Waals surface area contributed by atoms with E-state index in [9.17, 15) is 9.90 Å². The van der Waals surface area contributed by atoms with Crippen molar-refractivity contribution in [2.45, 2.75) is 0 Å². The van der Waals surface area contributed by atoms with E-state index < -0.39 is 0 Å². The van der Waals surface area contributed by atoms with E-state index in [2.05, 4.69) is 9.97 Å². The van der Waals surface area contributed by atoms with Crippen molar-refractivity contribution in [2.24, 2.45) is 0 Å². The molecule has 66 valence electrons. The highest BCUT2D eigenvalue weighted by Gasteiger charge is 2.09. The van der Waals surface area contributed by atoms with Gasteiger partial charge in [-0.3, -0.25) is 4.79 Å². The summed E-state index contributed by atoms with van der Waals surface area (Å²) in [4.78, 5) is 17.3. The lowest BCUT2D eigenvalue weighted by Gasteiger charge is -1.97. The van der Waals surface area contributed by atoms with Gasteiger partial charge in [0.2, 0.25) is 5.88 Å². The predicted molar refractivity (Wildman–Crippen MR) is 49.8 cm³/mol. The standard InChI is InChI=1S/C8H6N2O2S/c11-7-6(5-1-2-13-3-5)8(12)10-4-9-7/h1-4H,(H2,9,10,11,12). The number of aromatic nitrogens is 2. The van der Waals surface area contributed by atoms with Crippen molar-refractivity contribution in [3.8, 4) is 17.0 Å². The molecule has 0 atom stereocenters. The maximum absolute atomic E-state index is 11.3. The lowest BCUT2D eigenvalue weighted by Crippen LogP contribution is -2.08. The SMILES string of the molecule is O=c1[nH]cnc(O)c1-c1ccsc1. The van der Waals surface area contributed by atoms with Crippen LogP contribution in [0.25, 0.3) is 11.1 Å². The molecule has 0 aliphatic carbocycles. The Hall–Kier alpha value is -1.62. The summed E-state index contributed by atoms with van der Waals surface area (Å²) < 4.78 is 0. The van der Waals surface area contributed by atoms with Crippen LogP contribution in [0.1, 0.15) is 0 Å². The van der Waals surface area contributed by atoms with Crippen molar-refractivity contribution in [1.29, 1.82) is 0 Å². The highest BCUT2D eigenvalue weighted by atomic mass is 32.1. The summed E-state index contributed by atoms with van der Waals surface area (Å²) in [5, 5.41) is 13.0. The third-order valence-corrected chi connectivity index (χ3v) is 2.33. The van der Waals surface area contributed by atoms with E-state index in [1.54, 1.807) is 11.4 Å². The highest BCUT2D eigenvalue weighted by Crippen LogP contribution is 2.24. The molecule has 0 aromatic carbocycles. The van der Waals surface area contributed by atoms with Crippen LogP contribution in [0.4, 0.5) is 0 Å². The number of aromatic amines is 1. The molecule has 2 rings (SSSR count). The molecule has 0 unspecified atom stereocenters. The van der Waals surface area contributed by atoms with Crippen LogP contribution in [0.2, 0.25) is 0 Å². The molecule has 0 bridgehead atoms. The summed E-state index contributed by atoms with van der Waals surface area (Å²) >= 11 is 1.46. The Morgan fingerprint density at radius 1 is 1.54 bits per heavy atom. The average Bonchev–Trinajstić information content (AvgIpc) is 2.57. The van der Waals surface area contributed by atoms with Gasteiger partial charge in [-0.2, -0.15) is 11.3 Å². The molecule has 5 heteroatoms. The van der Waals surface area contributed by atoms with Gasteiger partial charge in [0, 0.05) is 5.56 Å². The number of hydrogen-bond donors (Lipinski definition) is 2. The number of hydrogen-bond acceptors (Lipinski definition) is 4. The first-order valence-electron chi connectivity index (χ1n) is 3.58. The number of nitrogens with zero attached hydrogens (tertiary/aromatic N) is 1. The Morgan fingerprint density at radius 2 is 2.38 bits per heavy atom. The molecule has 0 aliphatic heterocycles. The first-order valence-corrected chi connectivity index (χ1v) is 4.52.